The number of hydrogen-bond acceptors (Lipinski definition) is 3. The van der Waals surface area contributed by atoms with Crippen molar-refractivity contribution in [2.45, 2.75) is 19.8 Å². The van der Waals surface area contributed by atoms with Gasteiger partial charge in [0.25, 0.3) is 0 Å². The Morgan fingerprint density at radius 3 is 3.06 bits per heavy atom. The fraction of sp³-hybridized carbons (Fsp3) is 0.500. The number of amidine groups is 1. The van der Waals surface area contributed by atoms with Crippen LogP contribution in [0.1, 0.15) is 18.4 Å². The molecule has 0 aromatic carbocycles. The summed E-state index contributed by atoms with van der Waals surface area (Å²) >= 11 is 3.42. The van der Waals surface area contributed by atoms with Gasteiger partial charge in [0.05, 0.1) is 5.84 Å². The summed E-state index contributed by atoms with van der Waals surface area (Å²) < 4.78 is 0.999. The first-order chi connectivity index (χ1) is 8.08. The van der Waals surface area contributed by atoms with E-state index in [0.717, 1.165) is 41.8 Å². The van der Waals surface area contributed by atoms with Gasteiger partial charge in [-0.2, -0.15) is 0 Å². The third-order valence-corrected chi connectivity index (χ3v) is 3.61. The molecule has 17 heavy (non-hydrogen) atoms. The van der Waals surface area contributed by atoms with Crippen molar-refractivity contribution in [3.63, 3.8) is 0 Å². The van der Waals surface area contributed by atoms with Gasteiger partial charge in [-0.25, -0.2) is 4.98 Å². The minimum Gasteiger partial charge on any atom is -0.387 e. The minimum absolute atomic E-state index is 0.175. The number of piperidine rings is 1. The average Bonchev–Trinajstić information content (AvgIpc) is 2.29. The van der Waals surface area contributed by atoms with Crippen LogP contribution in [0.2, 0.25) is 0 Å². The number of aryl methyl sites for hydroxylation is 1. The van der Waals surface area contributed by atoms with Gasteiger partial charge in [-0.3, -0.25) is 5.41 Å². The van der Waals surface area contributed by atoms with Crippen molar-refractivity contribution in [2.24, 2.45) is 11.7 Å². The number of hydrogen-bond donors (Lipinski definition) is 2. The van der Waals surface area contributed by atoms with E-state index in [1.807, 2.05) is 6.20 Å². The molecule has 2 rings (SSSR count). The maximum absolute atomic E-state index is 7.55. The largest absolute Gasteiger partial charge is 0.387 e. The van der Waals surface area contributed by atoms with Gasteiger partial charge in [0.2, 0.25) is 0 Å². The number of nitrogens with zero attached hydrogens (tertiary/aromatic N) is 2. The summed E-state index contributed by atoms with van der Waals surface area (Å²) in [5.41, 5.74) is 6.75. The third kappa shape index (κ3) is 2.77. The SMILES string of the molecule is Cc1cc(Br)cnc1N1CCCC(C(=N)N)C1. The van der Waals surface area contributed by atoms with E-state index in [4.69, 9.17) is 11.1 Å². The number of pyridine rings is 1. The highest BCUT2D eigenvalue weighted by atomic mass is 79.9. The molecule has 2 heterocycles. The Labute approximate surface area is 110 Å². The summed E-state index contributed by atoms with van der Waals surface area (Å²) in [6.07, 6.45) is 3.91. The molecule has 0 amide bonds. The van der Waals surface area contributed by atoms with Gasteiger partial charge in [0, 0.05) is 29.7 Å². The first kappa shape index (κ1) is 12.4. The summed E-state index contributed by atoms with van der Waals surface area (Å²) in [4.78, 5) is 6.70. The van der Waals surface area contributed by atoms with Crippen molar-refractivity contribution in [1.29, 1.82) is 5.41 Å². The van der Waals surface area contributed by atoms with Gasteiger partial charge in [0.15, 0.2) is 0 Å². The second kappa shape index (κ2) is 5.04. The number of nitrogens with two attached hydrogens (primary N) is 1. The van der Waals surface area contributed by atoms with E-state index in [1.54, 1.807) is 0 Å². The average molecular weight is 297 g/mol. The van der Waals surface area contributed by atoms with Crippen LogP contribution < -0.4 is 10.6 Å². The van der Waals surface area contributed by atoms with E-state index in [0.29, 0.717) is 5.84 Å². The zero-order chi connectivity index (χ0) is 12.4. The van der Waals surface area contributed by atoms with Crippen molar-refractivity contribution in [1.82, 2.24) is 4.98 Å². The van der Waals surface area contributed by atoms with Gasteiger partial charge in [0.1, 0.15) is 5.82 Å². The minimum atomic E-state index is 0.175. The van der Waals surface area contributed by atoms with E-state index in [1.165, 1.54) is 0 Å². The van der Waals surface area contributed by atoms with Gasteiger partial charge >= 0.3 is 0 Å². The topological polar surface area (TPSA) is 66.0 Å². The Hall–Kier alpha value is -1.10. The number of halogens is 1. The molecule has 1 unspecified atom stereocenters. The number of anilines is 1. The predicted molar refractivity (Wildman–Crippen MR) is 73.5 cm³/mol. The number of rotatable bonds is 2. The lowest BCUT2D eigenvalue weighted by molar-refractivity contribution is 0.499. The Morgan fingerprint density at radius 1 is 1.65 bits per heavy atom. The van der Waals surface area contributed by atoms with Crippen LogP contribution in [0.3, 0.4) is 0 Å². The molecule has 0 bridgehead atoms. The second-order valence-electron chi connectivity index (χ2n) is 4.53. The smallest absolute Gasteiger partial charge is 0.131 e. The molecule has 0 aliphatic carbocycles. The molecule has 1 aromatic rings. The summed E-state index contributed by atoms with van der Waals surface area (Å²) in [6, 6.07) is 2.07. The highest BCUT2D eigenvalue weighted by Gasteiger charge is 2.23. The molecule has 3 N–H and O–H groups in total. The summed E-state index contributed by atoms with van der Waals surface area (Å²) in [5.74, 6) is 1.48. The van der Waals surface area contributed by atoms with E-state index < -0.39 is 0 Å². The molecule has 0 spiro atoms. The fourth-order valence-corrected chi connectivity index (χ4v) is 2.73. The standard InChI is InChI=1S/C12H17BrN4/c1-8-5-10(13)6-16-12(8)17-4-2-3-9(7-17)11(14)15/h5-6,9H,2-4,7H2,1H3,(H3,14,15). The van der Waals surface area contributed by atoms with Crippen LogP contribution >= 0.6 is 15.9 Å². The Balaban J connectivity index is 2.19. The van der Waals surface area contributed by atoms with Gasteiger partial charge in [-0.15, -0.1) is 0 Å². The molecule has 1 aliphatic rings. The molecule has 1 aromatic heterocycles. The molecular formula is C12H17BrN4. The molecule has 92 valence electrons. The van der Waals surface area contributed by atoms with Crippen LogP contribution in [0.25, 0.3) is 0 Å². The lowest BCUT2D eigenvalue weighted by Crippen LogP contribution is -2.41. The molecule has 1 saturated heterocycles. The predicted octanol–water partition coefficient (Wildman–Crippen LogP) is 2.30. The normalized spacial score (nSPS) is 20.4. The summed E-state index contributed by atoms with van der Waals surface area (Å²) in [5, 5.41) is 7.55. The molecule has 0 radical (unpaired) electrons. The van der Waals surface area contributed by atoms with Gasteiger partial charge in [-0.05, 0) is 47.3 Å². The molecule has 0 saturated carbocycles. The molecule has 1 fully saturated rings. The highest BCUT2D eigenvalue weighted by Crippen LogP contribution is 2.25. The van der Waals surface area contributed by atoms with Crippen LogP contribution in [0.4, 0.5) is 5.82 Å². The van der Waals surface area contributed by atoms with E-state index >= 15 is 0 Å². The summed E-state index contributed by atoms with van der Waals surface area (Å²) in [7, 11) is 0. The Kier molecular flexibility index (Phi) is 3.66. The van der Waals surface area contributed by atoms with Crippen LogP contribution in [0, 0.1) is 18.3 Å². The fourth-order valence-electron chi connectivity index (χ4n) is 2.29. The molecule has 4 nitrogen and oxygen atoms in total. The molecule has 1 aliphatic heterocycles. The van der Waals surface area contributed by atoms with E-state index in [9.17, 15) is 0 Å². The first-order valence-corrected chi connectivity index (χ1v) is 6.58. The monoisotopic (exact) mass is 296 g/mol. The lowest BCUT2D eigenvalue weighted by atomic mass is 9.97. The number of aromatic nitrogens is 1. The van der Waals surface area contributed by atoms with Crippen LogP contribution in [-0.2, 0) is 0 Å². The van der Waals surface area contributed by atoms with Crippen molar-refractivity contribution in [2.75, 3.05) is 18.0 Å². The van der Waals surface area contributed by atoms with Crippen LogP contribution in [-0.4, -0.2) is 23.9 Å². The maximum Gasteiger partial charge on any atom is 0.131 e. The van der Waals surface area contributed by atoms with Crippen LogP contribution in [0.15, 0.2) is 16.7 Å². The molecule has 1 atom stereocenters. The molecular weight excluding hydrogens is 280 g/mol. The zero-order valence-corrected chi connectivity index (χ0v) is 11.5. The lowest BCUT2D eigenvalue weighted by Gasteiger charge is -2.33. The Morgan fingerprint density at radius 2 is 2.41 bits per heavy atom. The second-order valence-corrected chi connectivity index (χ2v) is 5.45. The zero-order valence-electron chi connectivity index (χ0n) is 9.91. The van der Waals surface area contributed by atoms with Crippen molar-refractivity contribution < 1.29 is 0 Å². The maximum atomic E-state index is 7.55. The third-order valence-electron chi connectivity index (χ3n) is 3.18. The quantitative estimate of drug-likeness (QED) is 0.650. The van der Waals surface area contributed by atoms with Gasteiger partial charge in [-0.1, -0.05) is 0 Å². The highest BCUT2D eigenvalue weighted by molar-refractivity contribution is 9.10. The van der Waals surface area contributed by atoms with Crippen LogP contribution in [0.5, 0.6) is 0 Å². The summed E-state index contributed by atoms with van der Waals surface area (Å²) in [6.45, 7) is 3.87. The van der Waals surface area contributed by atoms with Gasteiger partial charge < -0.3 is 10.6 Å². The van der Waals surface area contributed by atoms with Crippen molar-refractivity contribution in [3.8, 4) is 0 Å². The molecule has 5 heteroatoms. The van der Waals surface area contributed by atoms with Crippen molar-refractivity contribution in [3.05, 3.63) is 22.3 Å². The van der Waals surface area contributed by atoms with E-state index in [2.05, 4.69) is 38.8 Å². The first-order valence-electron chi connectivity index (χ1n) is 5.79. The van der Waals surface area contributed by atoms with E-state index in [-0.39, 0.29) is 5.92 Å². The van der Waals surface area contributed by atoms with Crippen molar-refractivity contribution >= 4 is 27.6 Å². The number of nitrogens with one attached hydrogen (secondary N) is 1. The Bertz CT molecular complexity index is 433.